The number of hydrogen-bond donors (Lipinski definition) is 1. The summed E-state index contributed by atoms with van der Waals surface area (Å²) in [4.78, 5) is 2.03. The van der Waals surface area contributed by atoms with E-state index in [2.05, 4.69) is 40.5 Å². The van der Waals surface area contributed by atoms with Crippen LogP contribution < -0.4 is 9.64 Å². The van der Waals surface area contributed by atoms with E-state index in [0.29, 0.717) is 12.1 Å². The van der Waals surface area contributed by atoms with E-state index in [0.717, 1.165) is 43.8 Å². The van der Waals surface area contributed by atoms with E-state index < -0.39 is 12.3 Å². The number of halogens is 2. The third kappa shape index (κ3) is 3.86. The van der Waals surface area contributed by atoms with Crippen LogP contribution in [0.25, 0.3) is 0 Å². The first-order valence-electron chi connectivity index (χ1n) is 10.3. The summed E-state index contributed by atoms with van der Waals surface area (Å²) in [5.74, 6) is 1.22. The van der Waals surface area contributed by atoms with Gasteiger partial charge in [-0.2, -0.15) is 13.7 Å². The molecule has 0 saturated heterocycles. The Balaban J connectivity index is 1.73. The maximum Gasteiger partial charge on any atom is 0.387 e. The number of rotatable bonds is 5. The van der Waals surface area contributed by atoms with Gasteiger partial charge in [-0.3, -0.25) is 4.58 Å². The molecule has 2 aromatic carbocycles. The number of amidine groups is 1. The van der Waals surface area contributed by atoms with E-state index >= 15 is 0 Å². The molecule has 0 amide bonds. The molecule has 0 aromatic heterocycles. The predicted octanol–water partition coefficient (Wildman–Crippen LogP) is 4.50. The van der Waals surface area contributed by atoms with Gasteiger partial charge in [-0.25, -0.2) is 0 Å². The fourth-order valence-corrected chi connectivity index (χ4v) is 4.39. The summed E-state index contributed by atoms with van der Waals surface area (Å²) in [5, 5.41) is 11.9. The number of nitrogens with zero attached hydrogens (tertiary/aromatic N) is 2. The van der Waals surface area contributed by atoms with Crippen molar-refractivity contribution in [1.29, 1.82) is 0 Å². The number of anilines is 1. The number of benzene rings is 2. The molecule has 0 aliphatic carbocycles. The Bertz CT molecular complexity index is 881. The highest BCUT2D eigenvalue weighted by Gasteiger charge is 2.54. The Morgan fingerprint density at radius 2 is 1.79 bits per heavy atom. The SMILES string of the molecule is CCc1ccc(N2C3=[N+](CCCCC3)C[C@]2(O)c2ccc(OC(F)F)cc2)cc1. The molecule has 29 heavy (non-hydrogen) atoms. The molecule has 6 heteroatoms. The van der Waals surface area contributed by atoms with Crippen molar-refractivity contribution in [3.8, 4) is 5.75 Å². The molecule has 2 heterocycles. The van der Waals surface area contributed by atoms with Crippen LogP contribution in [0.2, 0.25) is 0 Å². The second-order valence-electron chi connectivity index (χ2n) is 7.72. The molecule has 0 radical (unpaired) electrons. The van der Waals surface area contributed by atoms with Gasteiger partial charge in [0.15, 0.2) is 6.54 Å². The second kappa shape index (κ2) is 8.11. The van der Waals surface area contributed by atoms with Gasteiger partial charge in [-0.05, 0) is 67.6 Å². The number of aryl methyl sites for hydroxylation is 1. The fraction of sp³-hybridized carbons (Fsp3) is 0.435. The van der Waals surface area contributed by atoms with Gasteiger partial charge in [-0.15, -0.1) is 0 Å². The van der Waals surface area contributed by atoms with E-state index in [-0.39, 0.29) is 5.75 Å². The summed E-state index contributed by atoms with van der Waals surface area (Å²) < 4.78 is 31.7. The van der Waals surface area contributed by atoms with Gasteiger partial charge in [0, 0.05) is 12.0 Å². The van der Waals surface area contributed by atoms with Crippen LogP contribution >= 0.6 is 0 Å². The van der Waals surface area contributed by atoms with Crippen molar-refractivity contribution in [2.45, 2.75) is 51.4 Å². The molecule has 0 fully saturated rings. The third-order valence-electron chi connectivity index (χ3n) is 5.88. The summed E-state index contributed by atoms with van der Waals surface area (Å²) in [7, 11) is 0. The Morgan fingerprint density at radius 3 is 2.45 bits per heavy atom. The lowest BCUT2D eigenvalue weighted by atomic mass is 9.99. The van der Waals surface area contributed by atoms with E-state index in [1.807, 2.05) is 4.90 Å². The summed E-state index contributed by atoms with van der Waals surface area (Å²) in [6.07, 6.45) is 5.24. The van der Waals surface area contributed by atoms with Crippen molar-refractivity contribution in [1.82, 2.24) is 0 Å². The lowest BCUT2D eigenvalue weighted by Gasteiger charge is -2.29. The van der Waals surface area contributed by atoms with E-state index in [1.165, 1.54) is 24.1 Å². The number of ether oxygens (including phenoxy) is 1. The van der Waals surface area contributed by atoms with E-state index in [1.54, 1.807) is 12.1 Å². The van der Waals surface area contributed by atoms with Gasteiger partial charge < -0.3 is 9.84 Å². The number of alkyl halides is 2. The molecule has 4 rings (SSSR count). The van der Waals surface area contributed by atoms with Crippen molar-refractivity contribution < 1.29 is 23.2 Å². The first-order chi connectivity index (χ1) is 14.0. The smallest absolute Gasteiger partial charge is 0.387 e. The lowest BCUT2D eigenvalue weighted by Crippen LogP contribution is -2.47. The number of aliphatic hydroxyl groups is 1. The zero-order valence-corrected chi connectivity index (χ0v) is 16.7. The molecule has 2 aliphatic rings. The quantitative estimate of drug-likeness (QED) is 0.750. The van der Waals surface area contributed by atoms with Crippen molar-refractivity contribution in [3.63, 3.8) is 0 Å². The summed E-state index contributed by atoms with van der Waals surface area (Å²) >= 11 is 0. The molecular weight excluding hydrogens is 374 g/mol. The van der Waals surface area contributed by atoms with Crippen LogP contribution in [0.5, 0.6) is 5.75 Å². The summed E-state index contributed by atoms with van der Waals surface area (Å²) in [6.45, 7) is 0.615. The van der Waals surface area contributed by atoms with Gasteiger partial charge in [0.1, 0.15) is 11.4 Å². The molecule has 0 spiro atoms. The third-order valence-corrected chi connectivity index (χ3v) is 5.88. The maximum atomic E-state index is 12.5. The van der Waals surface area contributed by atoms with Gasteiger partial charge in [0.2, 0.25) is 0 Å². The molecule has 154 valence electrons. The lowest BCUT2D eigenvalue weighted by molar-refractivity contribution is -0.534. The monoisotopic (exact) mass is 401 g/mol. The molecule has 0 unspecified atom stereocenters. The van der Waals surface area contributed by atoms with Gasteiger partial charge >= 0.3 is 6.61 Å². The zero-order valence-electron chi connectivity index (χ0n) is 16.7. The normalized spacial score (nSPS) is 22.0. The minimum absolute atomic E-state index is 0.0892. The molecule has 4 nitrogen and oxygen atoms in total. The van der Waals surface area contributed by atoms with E-state index in [4.69, 9.17) is 0 Å². The van der Waals surface area contributed by atoms with Crippen LogP contribution in [0.3, 0.4) is 0 Å². The van der Waals surface area contributed by atoms with Crippen LogP contribution in [-0.4, -0.2) is 35.2 Å². The summed E-state index contributed by atoms with van der Waals surface area (Å²) in [6, 6.07) is 14.6. The minimum Gasteiger partial charge on any atom is -0.435 e. The highest BCUT2D eigenvalue weighted by Crippen LogP contribution is 2.38. The second-order valence-corrected chi connectivity index (χ2v) is 7.72. The van der Waals surface area contributed by atoms with Crippen LogP contribution in [0, 0.1) is 0 Å². The van der Waals surface area contributed by atoms with Gasteiger partial charge in [0.25, 0.3) is 11.6 Å². The molecule has 2 aromatic rings. The topological polar surface area (TPSA) is 35.7 Å². The first-order valence-corrected chi connectivity index (χ1v) is 10.3. The van der Waals surface area contributed by atoms with Crippen molar-refractivity contribution in [2.75, 3.05) is 18.0 Å². The minimum atomic E-state index is -2.86. The van der Waals surface area contributed by atoms with Crippen molar-refractivity contribution in [3.05, 3.63) is 59.7 Å². The Hall–Kier alpha value is -2.47. The Labute approximate surface area is 170 Å². The van der Waals surface area contributed by atoms with Crippen LogP contribution in [0.4, 0.5) is 14.5 Å². The zero-order chi connectivity index (χ0) is 20.4. The predicted molar refractivity (Wildman–Crippen MR) is 109 cm³/mol. The highest BCUT2D eigenvalue weighted by molar-refractivity contribution is 5.97. The molecular formula is C23H27F2N2O2+. The standard InChI is InChI=1S/C23H27F2N2O2/c1-2-17-7-11-19(12-8-17)27-21-6-4-3-5-15-26(21)16-23(27,28)18-9-13-20(14-10-18)29-22(24)25/h7-14,22,28H,2-6,15-16H2,1H3/q+1/t23-/m0/s1. The van der Waals surface area contributed by atoms with Crippen molar-refractivity contribution in [2.24, 2.45) is 0 Å². The highest BCUT2D eigenvalue weighted by atomic mass is 19.3. The molecule has 0 saturated carbocycles. The van der Waals surface area contributed by atoms with Crippen LogP contribution in [-0.2, 0) is 12.1 Å². The maximum absolute atomic E-state index is 12.5. The largest absolute Gasteiger partial charge is 0.435 e. The molecule has 1 atom stereocenters. The van der Waals surface area contributed by atoms with Crippen molar-refractivity contribution >= 4 is 11.5 Å². The molecule has 0 bridgehead atoms. The Morgan fingerprint density at radius 1 is 1.07 bits per heavy atom. The first kappa shape index (κ1) is 19.8. The van der Waals surface area contributed by atoms with Crippen LogP contribution in [0.1, 0.15) is 43.7 Å². The average molecular weight is 401 g/mol. The fourth-order valence-electron chi connectivity index (χ4n) is 4.39. The summed E-state index contributed by atoms with van der Waals surface area (Å²) in [5.41, 5.74) is 1.59. The molecule has 1 N–H and O–H groups in total. The van der Waals surface area contributed by atoms with Gasteiger partial charge in [-0.1, -0.05) is 19.1 Å². The average Bonchev–Trinajstić information content (AvgIpc) is 2.84. The Kier molecular flexibility index (Phi) is 5.54. The molecule has 2 aliphatic heterocycles. The van der Waals surface area contributed by atoms with E-state index in [9.17, 15) is 13.9 Å². The van der Waals surface area contributed by atoms with Crippen LogP contribution in [0.15, 0.2) is 48.5 Å². The van der Waals surface area contributed by atoms with Gasteiger partial charge in [0.05, 0.1) is 6.54 Å². The number of hydrogen-bond acceptors (Lipinski definition) is 3.